The van der Waals surface area contributed by atoms with Gasteiger partial charge in [0.25, 0.3) is 0 Å². The second kappa shape index (κ2) is 7.71. The smallest absolute Gasteiger partial charge is 0.245 e. The highest BCUT2D eigenvalue weighted by Crippen LogP contribution is 2.44. The number of carbonyl (C=O) groups excluding carboxylic acids is 1. The first-order chi connectivity index (χ1) is 14.9. The molecular formula is C24H21BrFN3O2. The molecule has 2 aromatic carbocycles. The lowest BCUT2D eigenvalue weighted by molar-refractivity contribution is -0.117. The number of aryl methyl sites for hydroxylation is 2. The Hall–Kier alpha value is -2.80. The third-order valence-corrected chi connectivity index (χ3v) is 6.68. The average molecular weight is 482 g/mol. The maximum absolute atomic E-state index is 14.1. The van der Waals surface area contributed by atoms with Crippen molar-refractivity contribution in [2.24, 2.45) is 0 Å². The topological polar surface area (TPSA) is 59.2 Å². The van der Waals surface area contributed by atoms with Gasteiger partial charge < -0.3 is 9.32 Å². The molecule has 1 amide bonds. The van der Waals surface area contributed by atoms with Crippen LogP contribution in [0.5, 0.6) is 0 Å². The van der Waals surface area contributed by atoms with Crippen molar-refractivity contribution in [1.82, 2.24) is 10.2 Å². The van der Waals surface area contributed by atoms with Crippen LogP contribution >= 0.6 is 15.9 Å². The van der Waals surface area contributed by atoms with Gasteiger partial charge in [0.1, 0.15) is 5.82 Å². The quantitative estimate of drug-likeness (QED) is 0.465. The Labute approximate surface area is 188 Å². The van der Waals surface area contributed by atoms with Crippen LogP contribution in [0.2, 0.25) is 0 Å². The number of carbonyl (C=O) groups is 1. The molecular weight excluding hydrogens is 461 g/mol. The standard InChI is InChI=1S/C24H21BrFN3O2/c1-13-3-8-17-20(9-13)29(12-15-5-4-14(2)19(26)10-15)21(30)11-18(22(17)25)24-28-27-23(31-24)16-6-7-16/h3-5,8-10,16H,6-7,11-12H2,1-2H3. The fourth-order valence-corrected chi connectivity index (χ4v) is 4.43. The number of hydrogen-bond donors (Lipinski definition) is 0. The summed E-state index contributed by atoms with van der Waals surface area (Å²) in [7, 11) is 0. The molecule has 1 aliphatic heterocycles. The number of nitrogens with zero attached hydrogens (tertiary/aromatic N) is 3. The van der Waals surface area contributed by atoms with Crippen LogP contribution < -0.4 is 4.90 Å². The molecule has 0 saturated heterocycles. The van der Waals surface area contributed by atoms with Crippen molar-refractivity contribution in [3.63, 3.8) is 0 Å². The van der Waals surface area contributed by atoms with Crippen LogP contribution in [0.3, 0.4) is 0 Å². The number of aromatic nitrogens is 2. The Morgan fingerprint density at radius 3 is 2.71 bits per heavy atom. The predicted molar refractivity (Wildman–Crippen MR) is 120 cm³/mol. The minimum absolute atomic E-state index is 0.106. The van der Waals surface area contributed by atoms with Gasteiger partial charge in [-0.1, -0.05) is 24.3 Å². The molecule has 5 rings (SSSR count). The minimum Gasteiger partial charge on any atom is -0.421 e. The molecule has 2 heterocycles. The molecule has 1 aliphatic carbocycles. The Bertz CT molecular complexity index is 1230. The Morgan fingerprint density at radius 2 is 1.97 bits per heavy atom. The van der Waals surface area contributed by atoms with E-state index in [-0.39, 0.29) is 24.7 Å². The molecule has 1 aromatic heterocycles. The van der Waals surface area contributed by atoms with Crippen LogP contribution in [-0.4, -0.2) is 16.1 Å². The summed E-state index contributed by atoms with van der Waals surface area (Å²) in [4.78, 5) is 15.1. The molecule has 0 unspecified atom stereocenters. The van der Waals surface area contributed by atoms with Crippen LogP contribution in [0.4, 0.5) is 10.1 Å². The van der Waals surface area contributed by atoms with E-state index in [1.165, 1.54) is 6.07 Å². The van der Waals surface area contributed by atoms with E-state index in [1.807, 2.05) is 31.2 Å². The number of benzene rings is 2. The van der Waals surface area contributed by atoms with E-state index in [1.54, 1.807) is 17.9 Å². The summed E-state index contributed by atoms with van der Waals surface area (Å²) in [5.41, 5.74) is 4.66. The summed E-state index contributed by atoms with van der Waals surface area (Å²) in [5, 5.41) is 8.40. The van der Waals surface area contributed by atoms with Crippen molar-refractivity contribution in [2.75, 3.05) is 4.90 Å². The first kappa shape index (κ1) is 20.1. The van der Waals surface area contributed by atoms with E-state index in [9.17, 15) is 9.18 Å². The van der Waals surface area contributed by atoms with Crippen molar-refractivity contribution < 1.29 is 13.6 Å². The van der Waals surface area contributed by atoms with E-state index in [0.29, 0.717) is 28.8 Å². The number of halogens is 2. The van der Waals surface area contributed by atoms with Gasteiger partial charge >= 0.3 is 0 Å². The first-order valence-corrected chi connectivity index (χ1v) is 11.1. The number of rotatable bonds is 4. The Kier molecular flexibility index (Phi) is 5.01. The zero-order valence-electron chi connectivity index (χ0n) is 17.3. The lowest BCUT2D eigenvalue weighted by Gasteiger charge is -2.24. The van der Waals surface area contributed by atoms with E-state index in [4.69, 9.17) is 4.42 Å². The number of hydrogen-bond acceptors (Lipinski definition) is 4. The monoisotopic (exact) mass is 481 g/mol. The summed E-state index contributed by atoms with van der Waals surface area (Å²) >= 11 is 3.70. The predicted octanol–water partition coefficient (Wildman–Crippen LogP) is 5.90. The summed E-state index contributed by atoms with van der Waals surface area (Å²) < 4.78 is 20.8. The minimum atomic E-state index is -0.275. The number of fused-ring (bicyclic) bond motifs is 1. The molecule has 5 nitrogen and oxygen atoms in total. The van der Waals surface area contributed by atoms with E-state index in [0.717, 1.165) is 39.7 Å². The SMILES string of the molecule is Cc1ccc2c(c1)N(Cc1ccc(C)c(F)c1)C(=O)CC(c1nnc(C3CC3)o1)=C2Br. The highest BCUT2D eigenvalue weighted by molar-refractivity contribution is 9.15. The van der Waals surface area contributed by atoms with Gasteiger partial charge in [-0.2, -0.15) is 0 Å². The van der Waals surface area contributed by atoms with Gasteiger partial charge in [-0.25, -0.2) is 4.39 Å². The summed E-state index contributed by atoms with van der Waals surface area (Å²) in [5.74, 6) is 0.962. The largest absolute Gasteiger partial charge is 0.421 e. The van der Waals surface area contributed by atoms with Crippen molar-refractivity contribution in [3.05, 3.63) is 76.3 Å². The van der Waals surface area contributed by atoms with Crippen molar-refractivity contribution in [2.45, 2.75) is 45.6 Å². The van der Waals surface area contributed by atoms with Gasteiger partial charge in [-0.3, -0.25) is 4.79 Å². The second-order valence-corrected chi connectivity index (χ2v) is 9.07. The lowest BCUT2D eigenvalue weighted by Crippen LogP contribution is -2.30. The summed E-state index contributed by atoms with van der Waals surface area (Å²) in [6.07, 6.45) is 2.22. The van der Waals surface area contributed by atoms with Gasteiger partial charge in [0.2, 0.25) is 17.7 Å². The van der Waals surface area contributed by atoms with Gasteiger partial charge in [0.15, 0.2) is 0 Å². The molecule has 0 radical (unpaired) electrons. The van der Waals surface area contributed by atoms with Gasteiger partial charge in [-0.05, 0) is 71.4 Å². The molecule has 0 atom stereocenters. The van der Waals surface area contributed by atoms with Gasteiger partial charge in [-0.15, -0.1) is 10.2 Å². The lowest BCUT2D eigenvalue weighted by atomic mass is 10.1. The van der Waals surface area contributed by atoms with E-state index < -0.39 is 0 Å². The highest BCUT2D eigenvalue weighted by Gasteiger charge is 2.33. The first-order valence-electron chi connectivity index (χ1n) is 10.3. The van der Waals surface area contributed by atoms with Crippen LogP contribution in [0.1, 0.15) is 59.2 Å². The molecule has 1 saturated carbocycles. The third kappa shape index (κ3) is 3.82. The number of anilines is 1. The number of amides is 1. The van der Waals surface area contributed by atoms with E-state index >= 15 is 0 Å². The highest BCUT2D eigenvalue weighted by atomic mass is 79.9. The zero-order valence-corrected chi connectivity index (χ0v) is 18.9. The maximum Gasteiger partial charge on any atom is 0.245 e. The molecule has 31 heavy (non-hydrogen) atoms. The second-order valence-electron chi connectivity index (χ2n) is 8.27. The van der Waals surface area contributed by atoms with E-state index in [2.05, 4.69) is 26.1 Å². The fraction of sp³-hybridized carbons (Fsp3) is 0.292. The van der Waals surface area contributed by atoms with Gasteiger partial charge in [0, 0.05) is 21.5 Å². The molecule has 7 heteroatoms. The van der Waals surface area contributed by atoms with Gasteiger partial charge in [0.05, 0.1) is 18.7 Å². The van der Waals surface area contributed by atoms with Crippen molar-refractivity contribution >= 4 is 37.6 Å². The fourth-order valence-electron chi connectivity index (χ4n) is 3.78. The average Bonchev–Trinajstić information content (AvgIpc) is 3.50. The molecule has 0 bridgehead atoms. The van der Waals surface area contributed by atoms with Crippen LogP contribution in [0.15, 0.2) is 40.8 Å². The molecule has 0 spiro atoms. The molecule has 1 fully saturated rings. The maximum atomic E-state index is 14.1. The third-order valence-electron chi connectivity index (χ3n) is 5.78. The molecule has 3 aromatic rings. The van der Waals surface area contributed by atoms with Crippen LogP contribution in [0, 0.1) is 19.7 Å². The summed E-state index contributed by atoms with van der Waals surface area (Å²) in [6.45, 7) is 3.98. The molecule has 158 valence electrons. The molecule has 0 N–H and O–H groups in total. The molecule has 2 aliphatic rings. The normalized spacial score (nSPS) is 16.5. The summed E-state index contributed by atoms with van der Waals surface area (Å²) in [6, 6.07) is 11.0. The zero-order chi connectivity index (χ0) is 21.7. The van der Waals surface area contributed by atoms with Crippen molar-refractivity contribution in [3.8, 4) is 0 Å². The Morgan fingerprint density at radius 1 is 1.16 bits per heavy atom. The van der Waals surface area contributed by atoms with Crippen molar-refractivity contribution in [1.29, 1.82) is 0 Å². The Balaban J connectivity index is 1.57. The van der Waals surface area contributed by atoms with Crippen LogP contribution in [0.25, 0.3) is 10.1 Å². The van der Waals surface area contributed by atoms with Crippen LogP contribution in [-0.2, 0) is 11.3 Å².